The number of anilines is 1. The first-order valence-corrected chi connectivity index (χ1v) is 9.72. The lowest BCUT2D eigenvalue weighted by molar-refractivity contribution is -0.137. The van der Waals surface area contributed by atoms with Gasteiger partial charge < -0.3 is 4.57 Å². The highest BCUT2D eigenvalue weighted by Crippen LogP contribution is 2.35. The van der Waals surface area contributed by atoms with Gasteiger partial charge >= 0.3 is 6.18 Å². The van der Waals surface area contributed by atoms with Crippen LogP contribution in [0.4, 0.5) is 18.3 Å². The Labute approximate surface area is 170 Å². The van der Waals surface area contributed by atoms with Crippen LogP contribution in [0.15, 0.2) is 30.3 Å². The van der Waals surface area contributed by atoms with E-state index in [0.29, 0.717) is 16.5 Å². The highest BCUT2D eigenvalue weighted by atomic mass is 32.1. The molecule has 2 heterocycles. The predicted octanol–water partition coefficient (Wildman–Crippen LogP) is 5.51. The fraction of sp³-hybridized carbons (Fsp3) is 0.350. The zero-order chi connectivity index (χ0) is 21.6. The van der Waals surface area contributed by atoms with E-state index in [1.807, 2.05) is 20.8 Å². The zero-order valence-electron chi connectivity index (χ0n) is 16.7. The maximum absolute atomic E-state index is 13.4. The quantitative estimate of drug-likeness (QED) is 0.605. The van der Waals surface area contributed by atoms with Crippen LogP contribution in [-0.2, 0) is 11.6 Å². The van der Waals surface area contributed by atoms with Crippen molar-refractivity contribution >= 4 is 22.4 Å². The molecule has 0 unspecified atom stereocenters. The minimum absolute atomic E-state index is 0.0139. The van der Waals surface area contributed by atoms with E-state index in [1.165, 1.54) is 28.0 Å². The SMILES string of the molecule is Cc1cc(C(=O)Nc2nnc(C(C)(C)C)s2)c(C)n1-c1ccccc1C(F)(F)F. The molecule has 0 fully saturated rings. The van der Waals surface area contributed by atoms with Gasteiger partial charge in [-0.15, -0.1) is 10.2 Å². The third kappa shape index (κ3) is 4.19. The van der Waals surface area contributed by atoms with E-state index in [1.54, 1.807) is 26.0 Å². The number of rotatable bonds is 3. The molecule has 1 aromatic carbocycles. The Balaban J connectivity index is 1.97. The van der Waals surface area contributed by atoms with Crippen LogP contribution < -0.4 is 5.32 Å². The van der Waals surface area contributed by atoms with Gasteiger partial charge in [-0.3, -0.25) is 10.1 Å². The molecule has 0 radical (unpaired) electrons. The monoisotopic (exact) mass is 422 g/mol. The smallest absolute Gasteiger partial charge is 0.317 e. The average molecular weight is 422 g/mol. The maximum Gasteiger partial charge on any atom is 0.418 e. The zero-order valence-corrected chi connectivity index (χ0v) is 17.5. The molecule has 154 valence electrons. The summed E-state index contributed by atoms with van der Waals surface area (Å²) in [6.45, 7) is 9.26. The Morgan fingerprint density at radius 3 is 2.34 bits per heavy atom. The number of hydrogen-bond donors (Lipinski definition) is 1. The third-order valence-corrected chi connectivity index (χ3v) is 5.68. The van der Waals surface area contributed by atoms with Crippen molar-refractivity contribution in [2.75, 3.05) is 5.32 Å². The molecule has 0 bridgehead atoms. The second kappa shape index (κ2) is 7.29. The second-order valence-corrected chi connectivity index (χ2v) is 8.73. The molecule has 0 aliphatic rings. The predicted molar refractivity (Wildman–Crippen MR) is 107 cm³/mol. The van der Waals surface area contributed by atoms with Crippen LogP contribution in [0, 0.1) is 13.8 Å². The van der Waals surface area contributed by atoms with Crippen molar-refractivity contribution in [1.29, 1.82) is 0 Å². The van der Waals surface area contributed by atoms with E-state index >= 15 is 0 Å². The molecular formula is C20H21F3N4OS. The number of hydrogen-bond acceptors (Lipinski definition) is 4. The van der Waals surface area contributed by atoms with Gasteiger partial charge in [-0.1, -0.05) is 44.2 Å². The first-order chi connectivity index (χ1) is 13.4. The summed E-state index contributed by atoms with van der Waals surface area (Å²) in [4.78, 5) is 12.8. The average Bonchev–Trinajstić information content (AvgIpc) is 3.18. The van der Waals surface area contributed by atoms with Crippen molar-refractivity contribution in [3.8, 4) is 5.69 Å². The van der Waals surface area contributed by atoms with Gasteiger partial charge in [0.05, 0.1) is 16.8 Å². The Morgan fingerprint density at radius 2 is 1.76 bits per heavy atom. The summed E-state index contributed by atoms with van der Waals surface area (Å²) in [7, 11) is 0. The molecule has 3 aromatic rings. The molecule has 0 aliphatic carbocycles. The number of nitrogens with one attached hydrogen (secondary N) is 1. The van der Waals surface area contributed by atoms with Gasteiger partial charge in [0.1, 0.15) is 5.01 Å². The van der Waals surface area contributed by atoms with Crippen molar-refractivity contribution < 1.29 is 18.0 Å². The van der Waals surface area contributed by atoms with Crippen molar-refractivity contribution in [3.05, 3.63) is 57.9 Å². The van der Waals surface area contributed by atoms with Crippen molar-refractivity contribution in [2.45, 2.75) is 46.2 Å². The van der Waals surface area contributed by atoms with Crippen LogP contribution in [0.5, 0.6) is 0 Å². The minimum atomic E-state index is -4.50. The van der Waals surface area contributed by atoms with Gasteiger partial charge in [0, 0.05) is 16.8 Å². The summed E-state index contributed by atoms with van der Waals surface area (Å²) in [6, 6.07) is 6.88. The fourth-order valence-corrected chi connectivity index (χ4v) is 3.81. The van der Waals surface area contributed by atoms with Crippen LogP contribution in [0.1, 0.15) is 53.1 Å². The summed E-state index contributed by atoms with van der Waals surface area (Å²) >= 11 is 1.27. The van der Waals surface area contributed by atoms with Crippen molar-refractivity contribution in [1.82, 2.24) is 14.8 Å². The number of aromatic nitrogens is 3. The van der Waals surface area contributed by atoms with Crippen molar-refractivity contribution in [2.24, 2.45) is 0 Å². The van der Waals surface area contributed by atoms with Gasteiger partial charge in [-0.2, -0.15) is 13.2 Å². The summed E-state index contributed by atoms with van der Waals surface area (Å²) in [5.41, 5.74) is 0.256. The first kappa shape index (κ1) is 21.0. The van der Waals surface area contributed by atoms with E-state index in [0.717, 1.165) is 11.1 Å². The van der Waals surface area contributed by atoms with E-state index in [-0.39, 0.29) is 16.7 Å². The fourth-order valence-electron chi connectivity index (χ4n) is 3.01. The second-order valence-electron chi connectivity index (χ2n) is 7.75. The number of carbonyl (C=O) groups is 1. The number of aryl methyl sites for hydroxylation is 1. The summed E-state index contributed by atoms with van der Waals surface area (Å²) in [5, 5.41) is 11.9. The van der Waals surface area contributed by atoms with Gasteiger partial charge in [0.25, 0.3) is 5.91 Å². The molecule has 9 heteroatoms. The largest absolute Gasteiger partial charge is 0.418 e. The number of para-hydroxylation sites is 1. The molecule has 1 amide bonds. The minimum Gasteiger partial charge on any atom is -0.317 e. The number of nitrogens with zero attached hydrogens (tertiary/aromatic N) is 3. The highest BCUT2D eigenvalue weighted by Gasteiger charge is 2.34. The van der Waals surface area contributed by atoms with Gasteiger partial charge in [-0.25, -0.2) is 0 Å². The molecule has 2 aromatic heterocycles. The molecular weight excluding hydrogens is 401 g/mol. The molecule has 0 aliphatic heterocycles. The van der Waals surface area contributed by atoms with E-state index in [9.17, 15) is 18.0 Å². The number of benzene rings is 1. The number of amides is 1. The van der Waals surface area contributed by atoms with Crippen molar-refractivity contribution in [3.63, 3.8) is 0 Å². The Hall–Kier alpha value is -2.68. The summed E-state index contributed by atoms with van der Waals surface area (Å²) < 4.78 is 41.8. The standard InChI is InChI=1S/C20H21F3N4OS/c1-11-10-13(16(28)24-18-26-25-17(29-18)19(3,4)5)12(2)27(11)15-9-7-6-8-14(15)20(21,22)23/h6-10H,1-5H3,(H,24,26,28). The number of carbonyl (C=O) groups excluding carboxylic acids is 1. The normalized spacial score (nSPS) is 12.3. The lowest BCUT2D eigenvalue weighted by Gasteiger charge is -2.16. The first-order valence-electron chi connectivity index (χ1n) is 8.90. The van der Waals surface area contributed by atoms with Gasteiger partial charge in [0.15, 0.2) is 0 Å². The Kier molecular flexibility index (Phi) is 5.29. The molecule has 0 spiro atoms. The third-order valence-electron chi connectivity index (χ3n) is 4.41. The van der Waals surface area contributed by atoms with E-state index < -0.39 is 17.6 Å². The number of alkyl halides is 3. The van der Waals surface area contributed by atoms with Crippen LogP contribution >= 0.6 is 11.3 Å². The van der Waals surface area contributed by atoms with Crippen LogP contribution in [-0.4, -0.2) is 20.7 Å². The van der Waals surface area contributed by atoms with Crippen LogP contribution in [0.25, 0.3) is 5.69 Å². The molecule has 29 heavy (non-hydrogen) atoms. The van der Waals surface area contributed by atoms with E-state index in [4.69, 9.17) is 0 Å². The lowest BCUT2D eigenvalue weighted by atomic mass is 9.98. The summed E-state index contributed by atoms with van der Waals surface area (Å²) in [6.07, 6.45) is -4.50. The molecule has 0 saturated carbocycles. The highest BCUT2D eigenvalue weighted by molar-refractivity contribution is 7.15. The summed E-state index contributed by atoms with van der Waals surface area (Å²) in [5.74, 6) is -0.439. The lowest BCUT2D eigenvalue weighted by Crippen LogP contribution is -2.14. The van der Waals surface area contributed by atoms with E-state index in [2.05, 4.69) is 15.5 Å². The maximum atomic E-state index is 13.4. The molecule has 0 atom stereocenters. The molecule has 5 nitrogen and oxygen atoms in total. The van der Waals surface area contributed by atoms with Gasteiger partial charge in [-0.05, 0) is 32.0 Å². The molecule has 0 saturated heterocycles. The van der Waals surface area contributed by atoms with Crippen LogP contribution in [0.3, 0.4) is 0 Å². The Morgan fingerprint density at radius 1 is 1.10 bits per heavy atom. The topological polar surface area (TPSA) is 59.8 Å². The number of halogens is 3. The molecule has 3 rings (SSSR count). The van der Waals surface area contributed by atoms with Gasteiger partial charge in [0.2, 0.25) is 5.13 Å². The molecule has 1 N–H and O–H groups in total. The van der Waals surface area contributed by atoms with Crippen LogP contribution in [0.2, 0.25) is 0 Å². The Bertz CT molecular complexity index is 1060.